The first-order chi connectivity index (χ1) is 8.63. The van der Waals surface area contributed by atoms with Gasteiger partial charge >= 0.3 is 0 Å². The van der Waals surface area contributed by atoms with Gasteiger partial charge < -0.3 is 4.74 Å². The summed E-state index contributed by atoms with van der Waals surface area (Å²) < 4.78 is 8.67. The number of halogens is 2. The summed E-state index contributed by atoms with van der Waals surface area (Å²) in [6.45, 7) is 2.47. The van der Waals surface area contributed by atoms with E-state index < -0.39 is 0 Å². The van der Waals surface area contributed by atoms with Crippen LogP contribution in [-0.2, 0) is 20.1 Å². The van der Waals surface area contributed by atoms with Crippen LogP contribution in [0.3, 0.4) is 0 Å². The van der Waals surface area contributed by atoms with Crippen LogP contribution in [0, 0.1) is 3.57 Å². The molecule has 0 N–H and O–H groups in total. The van der Waals surface area contributed by atoms with Gasteiger partial charge in [0, 0.05) is 7.05 Å². The maximum atomic E-state index is 6.27. The van der Waals surface area contributed by atoms with Crippen molar-refractivity contribution in [1.82, 2.24) is 9.78 Å². The largest absolute Gasteiger partial charge is 0.486 e. The summed E-state index contributed by atoms with van der Waals surface area (Å²) in [4.78, 5) is 0. The Morgan fingerprint density at radius 1 is 1.39 bits per heavy atom. The number of hydrogen-bond acceptors (Lipinski definition) is 2. The lowest BCUT2D eigenvalue weighted by Crippen LogP contribution is -2.04. The molecule has 0 aliphatic rings. The summed E-state index contributed by atoms with van der Waals surface area (Å²) in [6.07, 6.45) is 0.829. The van der Waals surface area contributed by atoms with Gasteiger partial charge in [0.2, 0.25) is 0 Å². The quantitative estimate of drug-likeness (QED) is 0.759. The van der Waals surface area contributed by atoms with E-state index in [1.165, 1.54) is 0 Å². The Kier molecular flexibility index (Phi) is 4.50. The van der Waals surface area contributed by atoms with E-state index in [9.17, 15) is 0 Å². The molecular formula is C13H14ClIN2O. The molecule has 1 aromatic carbocycles. The summed E-state index contributed by atoms with van der Waals surface area (Å²) in [5, 5.41) is 5.08. The van der Waals surface area contributed by atoms with Crippen molar-refractivity contribution in [2.75, 3.05) is 0 Å². The molecular weight excluding hydrogens is 363 g/mol. The third kappa shape index (κ3) is 2.80. The maximum absolute atomic E-state index is 6.27. The Morgan fingerprint density at radius 3 is 2.72 bits per heavy atom. The number of aromatic nitrogens is 2. The average Bonchev–Trinajstić information content (AvgIpc) is 2.64. The summed E-state index contributed by atoms with van der Waals surface area (Å²) in [7, 11) is 1.89. The Hall–Kier alpha value is -0.750. The van der Waals surface area contributed by atoms with E-state index in [0.717, 1.165) is 27.1 Å². The number of aryl methyl sites for hydroxylation is 2. The lowest BCUT2D eigenvalue weighted by Gasteiger charge is -2.08. The fourth-order valence-electron chi connectivity index (χ4n) is 1.68. The molecule has 0 spiro atoms. The van der Waals surface area contributed by atoms with Gasteiger partial charge in [-0.3, -0.25) is 4.68 Å². The summed E-state index contributed by atoms with van der Waals surface area (Å²) in [6, 6.07) is 7.91. The molecule has 0 bridgehead atoms. The lowest BCUT2D eigenvalue weighted by atomic mass is 10.3. The summed E-state index contributed by atoms with van der Waals surface area (Å²) in [5.41, 5.74) is 1.83. The van der Waals surface area contributed by atoms with Gasteiger partial charge in [0.25, 0.3) is 0 Å². The molecule has 18 heavy (non-hydrogen) atoms. The van der Waals surface area contributed by atoms with E-state index in [2.05, 4.69) is 27.7 Å². The molecule has 0 amide bonds. The van der Waals surface area contributed by atoms with Crippen molar-refractivity contribution in [3.05, 3.63) is 44.2 Å². The van der Waals surface area contributed by atoms with E-state index in [0.29, 0.717) is 11.6 Å². The highest BCUT2D eigenvalue weighted by Crippen LogP contribution is 2.24. The van der Waals surface area contributed by atoms with Crippen molar-refractivity contribution in [1.29, 1.82) is 0 Å². The third-order valence-corrected chi connectivity index (χ3v) is 4.03. The molecule has 0 saturated carbocycles. The first-order valence-corrected chi connectivity index (χ1v) is 7.16. The van der Waals surface area contributed by atoms with E-state index in [4.69, 9.17) is 16.3 Å². The van der Waals surface area contributed by atoms with Gasteiger partial charge in [0.1, 0.15) is 12.4 Å². The van der Waals surface area contributed by atoms with Crippen molar-refractivity contribution in [2.24, 2.45) is 7.05 Å². The van der Waals surface area contributed by atoms with Gasteiger partial charge in [-0.2, -0.15) is 5.10 Å². The molecule has 0 aliphatic heterocycles. The van der Waals surface area contributed by atoms with Crippen LogP contribution >= 0.6 is 34.2 Å². The highest BCUT2D eigenvalue weighted by Gasteiger charge is 2.13. The van der Waals surface area contributed by atoms with Gasteiger partial charge in [-0.1, -0.05) is 30.7 Å². The van der Waals surface area contributed by atoms with Gasteiger partial charge in [-0.25, -0.2) is 0 Å². The number of hydrogen-bond donors (Lipinski definition) is 0. The first kappa shape index (κ1) is 13.7. The fourth-order valence-corrected chi connectivity index (χ4v) is 2.58. The minimum Gasteiger partial charge on any atom is -0.486 e. The van der Waals surface area contributed by atoms with Gasteiger partial charge in [-0.05, 0) is 41.1 Å². The lowest BCUT2D eigenvalue weighted by molar-refractivity contribution is 0.293. The Balaban J connectivity index is 2.16. The van der Waals surface area contributed by atoms with Gasteiger partial charge in [0.15, 0.2) is 0 Å². The monoisotopic (exact) mass is 376 g/mol. The molecule has 0 aliphatic carbocycles. The van der Waals surface area contributed by atoms with E-state index in [1.807, 2.05) is 38.2 Å². The zero-order chi connectivity index (χ0) is 13.1. The zero-order valence-corrected chi connectivity index (χ0v) is 13.2. The normalized spacial score (nSPS) is 10.7. The van der Waals surface area contributed by atoms with E-state index in [-0.39, 0.29) is 0 Å². The van der Waals surface area contributed by atoms with Crippen LogP contribution in [0.5, 0.6) is 5.75 Å². The van der Waals surface area contributed by atoms with Gasteiger partial charge in [-0.15, -0.1) is 0 Å². The van der Waals surface area contributed by atoms with Crippen molar-refractivity contribution in [3.63, 3.8) is 0 Å². The zero-order valence-electron chi connectivity index (χ0n) is 10.3. The molecule has 0 radical (unpaired) electrons. The van der Waals surface area contributed by atoms with Crippen LogP contribution in [0.25, 0.3) is 0 Å². The molecule has 1 heterocycles. The van der Waals surface area contributed by atoms with Crippen LogP contribution in [-0.4, -0.2) is 9.78 Å². The van der Waals surface area contributed by atoms with Crippen LogP contribution in [0.4, 0.5) is 0 Å². The maximum Gasteiger partial charge on any atom is 0.133 e. The Bertz CT molecular complexity index is 554. The molecule has 0 fully saturated rings. The smallest absolute Gasteiger partial charge is 0.133 e. The topological polar surface area (TPSA) is 27.1 Å². The second-order valence-electron chi connectivity index (χ2n) is 3.90. The second-order valence-corrected chi connectivity index (χ2v) is 5.44. The standard InChI is InChI=1S/C13H14ClIN2O/c1-3-10-13(14)11(17(2)16-10)8-18-12-7-5-4-6-9(12)15/h4-7H,3,8H2,1-2H3. The molecule has 5 heteroatoms. The number of nitrogens with zero attached hydrogens (tertiary/aromatic N) is 2. The molecule has 0 saturated heterocycles. The fraction of sp³-hybridized carbons (Fsp3) is 0.308. The SMILES string of the molecule is CCc1nn(C)c(COc2ccccc2I)c1Cl. The molecule has 0 unspecified atom stereocenters. The van der Waals surface area contributed by atoms with Crippen LogP contribution < -0.4 is 4.74 Å². The van der Waals surface area contributed by atoms with Crippen molar-refractivity contribution < 1.29 is 4.74 Å². The Morgan fingerprint density at radius 2 is 2.11 bits per heavy atom. The van der Waals surface area contributed by atoms with E-state index in [1.54, 1.807) is 4.68 Å². The average molecular weight is 377 g/mol. The Labute approximate surface area is 125 Å². The highest BCUT2D eigenvalue weighted by molar-refractivity contribution is 14.1. The van der Waals surface area contributed by atoms with Gasteiger partial charge in [0.05, 0.1) is 20.0 Å². The molecule has 0 atom stereocenters. The molecule has 2 rings (SSSR count). The van der Waals surface area contributed by atoms with Crippen LogP contribution in [0.1, 0.15) is 18.3 Å². The molecule has 3 nitrogen and oxygen atoms in total. The van der Waals surface area contributed by atoms with Crippen molar-refractivity contribution >= 4 is 34.2 Å². The minimum absolute atomic E-state index is 0.433. The van der Waals surface area contributed by atoms with Crippen molar-refractivity contribution in [3.8, 4) is 5.75 Å². The number of rotatable bonds is 4. The molecule has 1 aromatic heterocycles. The predicted molar refractivity (Wildman–Crippen MR) is 81.1 cm³/mol. The molecule has 96 valence electrons. The van der Waals surface area contributed by atoms with Crippen LogP contribution in [0.15, 0.2) is 24.3 Å². The number of ether oxygens (including phenoxy) is 1. The molecule has 2 aromatic rings. The van der Waals surface area contributed by atoms with E-state index >= 15 is 0 Å². The summed E-state index contributed by atoms with van der Waals surface area (Å²) >= 11 is 8.52. The third-order valence-electron chi connectivity index (χ3n) is 2.70. The summed E-state index contributed by atoms with van der Waals surface area (Å²) in [5.74, 6) is 0.869. The number of para-hydroxylation sites is 1. The second kappa shape index (κ2) is 5.93. The number of benzene rings is 1. The van der Waals surface area contributed by atoms with Crippen molar-refractivity contribution in [2.45, 2.75) is 20.0 Å². The highest BCUT2D eigenvalue weighted by atomic mass is 127. The first-order valence-electron chi connectivity index (χ1n) is 5.71. The van der Waals surface area contributed by atoms with Crippen LogP contribution in [0.2, 0.25) is 5.02 Å². The predicted octanol–water partition coefficient (Wildman–Crippen LogP) is 3.82. The minimum atomic E-state index is 0.433.